The zero-order valence-corrected chi connectivity index (χ0v) is 14.0. The molecule has 0 fully saturated rings. The lowest BCUT2D eigenvalue weighted by atomic mass is 10.1. The van der Waals surface area contributed by atoms with Gasteiger partial charge in [-0.15, -0.1) is 0 Å². The molecule has 1 aromatic heterocycles. The van der Waals surface area contributed by atoms with Crippen LogP contribution in [-0.2, 0) is 6.54 Å². The summed E-state index contributed by atoms with van der Waals surface area (Å²) in [4.78, 5) is 4.43. The number of nitrogens with zero attached hydrogens (tertiary/aromatic N) is 2. The maximum absolute atomic E-state index is 5.30. The molecule has 5 heteroatoms. The lowest BCUT2D eigenvalue weighted by Gasteiger charge is -2.05. The molecule has 2 aromatic carbocycles. The van der Waals surface area contributed by atoms with Gasteiger partial charge in [-0.1, -0.05) is 44.8 Å². The first-order chi connectivity index (χ1) is 10.6. The number of rotatable bonds is 4. The van der Waals surface area contributed by atoms with Gasteiger partial charge in [0, 0.05) is 15.7 Å². The van der Waals surface area contributed by atoms with Gasteiger partial charge in [-0.05, 0) is 43.7 Å². The number of halogens is 1. The van der Waals surface area contributed by atoms with E-state index in [0.29, 0.717) is 18.3 Å². The van der Waals surface area contributed by atoms with Gasteiger partial charge >= 0.3 is 0 Å². The van der Waals surface area contributed by atoms with E-state index in [1.54, 1.807) is 0 Å². The maximum atomic E-state index is 5.30. The summed E-state index contributed by atoms with van der Waals surface area (Å²) in [6.45, 7) is 4.60. The Balaban J connectivity index is 1.70. The van der Waals surface area contributed by atoms with Crippen molar-refractivity contribution in [1.29, 1.82) is 0 Å². The number of hydrogen-bond acceptors (Lipinski definition) is 4. The fourth-order valence-electron chi connectivity index (χ4n) is 2.16. The third kappa shape index (κ3) is 3.36. The van der Waals surface area contributed by atoms with Crippen molar-refractivity contribution in [2.24, 2.45) is 0 Å². The standard InChI is InChI=1S/C17H16BrN3O/c1-11-4-3-5-13(8-11)17-20-16(22-21-17)10-19-14-6-7-15(18)12(2)9-14/h3-9,19H,10H2,1-2H3. The van der Waals surface area contributed by atoms with Gasteiger partial charge in [-0.3, -0.25) is 0 Å². The highest BCUT2D eigenvalue weighted by atomic mass is 79.9. The zero-order chi connectivity index (χ0) is 15.5. The van der Waals surface area contributed by atoms with Crippen molar-refractivity contribution >= 4 is 21.6 Å². The highest BCUT2D eigenvalue weighted by molar-refractivity contribution is 9.10. The second-order valence-electron chi connectivity index (χ2n) is 5.20. The smallest absolute Gasteiger partial charge is 0.246 e. The van der Waals surface area contributed by atoms with E-state index in [4.69, 9.17) is 4.52 Å². The van der Waals surface area contributed by atoms with Crippen LogP contribution in [0.25, 0.3) is 11.4 Å². The number of aromatic nitrogens is 2. The molecule has 0 aliphatic rings. The van der Waals surface area contributed by atoms with E-state index in [1.807, 2.05) is 43.3 Å². The van der Waals surface area contributed by atoms with Crippen LogP contribution in [0, 0.1) is 13.8 Å². The highest BCUT2D eigenvalue weighted by Crippen LogP contribution is 2.21. The summed E-state index contributed by atoms with van der Waals surface area (Å²) in [6, 6.07) is 14.2. The summed E-state index contributed by atoms with van der Waals surface area (Å²) in [5.41, 5.74) is 4.34. The molecule has 0 atom stereocenters. The van der Waals surface area contributed by atoms with Crippen LogP contribution in [0.3, 0.4) is 0 Å². The van der Waals surface area contributed by atoms with Gasteiger partial charge in [-0.2, -0.15) is 4.98 Å². The maximum Gasteiger partial charge on any atom is 0.246 e. The van der Waals surface area contributed by atoms with E-state index in [1.165, 1.54) is 11.1 Å². The van der Waals surface area contributed by atoms with Crippen LogP contribution in [0.2, 0.25) is 0 Å². The molecular weight excluding hydrogens is 342 g/mol. The minimum Gasteiger partial charge on any atom is -0.376 e. The molecule has 3 rings (SSSR count). The Morgan fingerprint density at radius 2 is 2.00 bits per heavy atom. The largest absolute Gasteiger partial charge is 0.376 e. The molecule has 3 aromatic rings. The van der Waals surface area contributed by atoms with E-state index >= 15 is 0 Å². The van der Waals surface area contributed by atoms with E-state index in [9.17, 15) is 0 Å². The van der Waals surface area contributed by atoms with Crippen molar-refractivity contribution in [3.63, 3.8) is 0 Å². The van der Waals surface area contributed by atoms with E-state index in [0.717, 1.165) is 15.7 Å². The molecule has 1 N–H and O–H groups in total. The van der Waals surface area contributed by atoms with Crippen LogP contribution in [0.1, 0.15) is 17.0 Å². The molecule has 22 heavy (non-hydrogen) atoms. The van der Waals surface area contributed by atoms with E-state index in [-0.39, 0.29) is 0 Å². The van der Waals surface area contributed by atoms with Crippen LogP contribution in [0.5, 0.6) is 0 Å². The van der Waals surface area contributed by atoms with Crippen molar-refractivity contribution in [3.05, 3.63) is 64.0 Å². The van der Waals surface area contributed by atoms with Crippen molar-refractivity contribution in [3.8, 4) is 11.4 Å². The Morgan fingerprint density at radius 3 is 2.77 bits per heavy atom. The Kier molecular flexibility index (Phi) is 4.24. The van der Waals surface area contributed by atoms with Gasteiger partial charge in [0.05, 0.1) is 6.54 Å². The third-order valence-electron chi connectivity index (χ3n) is 3.35. The summed E-state index contributed by atoms with van der Waals surface area (Å²) in [7, 11) is 0. The minimum absolute atomic E-state index is 0.500. The van der Waals surface area contributed by atoms with Gasteiger partial charge in [0.15, 0.2) is 0 Å². The molecule has 4 nitrogen and oxygen atoms in total. The second kappa shape index (κ2) is 6.32. The monoisotopic (exact) mass is 357 g/mol. The number of aryl methyl sites for hydroxylation is 2. The first-order valence-corrected chi connectivity index (χ1v) is 7.81. The van der Waals surface area contributed by atoms with E-state index < -0.39 is 0 Å². The summed E-state index contributed by atoms with van der Waals surface area (Å²) in [5, 5.41) is 7.33. The fourth-order valence-corrected chi connectivity index (χ4v) is 2.41. The predicted octanol–water partition coefficient (Wildman–Crippen LogP) is 4.73. The lowest BCUT2D eigenvalue weighted by Crippen LogP contribution is -2.00. The Morgan fingerprint density at radius 1 is 1.14 bits per heavy atom. The van der Waals surface area contributed by atoms with Crippen LogP contribution in [0.15, 0.2) is 51.5 Å². The molecular formula is C17H16BrN3O. The molecule has 0 saturated carbocycles. The molecule has 112 valence electrons. The normalized spacial score (nSPS) is 10.7. The Labute approximate surface area is 137 Å². The number of nitrogens with one attached hydrogen (secondary N) is 1. The van der Waals surface area contributed by atoms with Crippen molar-refractivity contribution in [2.45, 2.75) is 20.4 Å². The van der Waals surface area contributed by atoms with Crippen LogP contribution < -0.4 is 5.32 Å². The van der Waals surface area contributed by atoms with Crippen molar-refractivity contribution < 1.29 is 4.52 Å². The summed E-state index contributed by atoms with van der Waals surface area (Å²) in [5.74, 6) is 1.18. The molecule has 1 heterocycles. The first kappa shape index (κ1) is 14.8. The molecule has 0 bridgehead atoms. The van der Waals surface area contributed by atoms with Crippen LogP contribution in [0.4, 0.5) is 5.69 Å². The number of hydrogen-bond donors (Lipinski definition) is 1. The van der Waals surface area contributed by atoms with Gasteiger partial charge in [0.1, 0.15) is 0 Å². The van der Waals surface area contributed by atoms with Gasteiger partial charge in [-0.25, -0.2) is 0 Å². The van der Waals surface area contributed by atoms with Gasteiger partial charge in [0.2, 0.25) is 11.7 Å². The van der Waals surface area contributed by atoms with Gasteiger partial charge < -0.3 is 9.84 Å². The van der Waals surface area contributed by atoms with Crippen molar-refractivity contribution in [2.75, 3.05) is 5.32 Å². The molecule has 0 amide bonds. The Bertz CT molecular complexity index is 798. The fraction of sp³-hybridized carbons (Fsp3) is 0.176. The van der Waals surface area contributed by atoms with Gasteiger partial charge in [0.25, 0.3) is 0 Å². The van der Waals surface area contributed by atoms with Crippen LogP contribution >= 0.6 is 15.9 Å². The number of anilines is 1. The molecule has 0 aliphatic carbocycles. The van der Waals surface area contributed by atoms with Crippen LogP contribution in [-0.4, -0.2) is 10.1 Å². The Hall–Kier alpha value is -2.14. The molecule has 0 aliphatic heterocycles. The predicted molar refractivity (Wildman–Crippen MR) is 90.7 cm³/mol. The molecule has 0 radical (unpaired) electrons. The minimum atomic E-state index is 0.500. The summed E-state index contributed by atoms with van der Waals surface area (Å²) < 4.78 is 6.40. The molecule has 0 unspecified atom stereocenters. The second-order valence-corrected chi connectivity index (χ2v) is 6.05. The average Bonchev–Trinajstić information content (AvgIpc) is 2.97. The SMILES string of the molecule is Cc1cccc(-c2noc(CNc3ccc(Br)c(C)c3)n2)c1. The zero-order valence-electron chi connectivity index (χ0n) is 12.4. The number of benzene rings is 2. The van der Waals surface area contributed by atoms with E-state index in [2.05, 4.69) is 44.4 Å². The lowest BCUT2D eigenvalue weighted by molar-refractivity contribution is 0.384. The third-order valence-corrected chi connectivity index (χ3v) is 4.24. The summed E-state index contributed by atoms with van der Waals surface area (Å²) >= 11 is 3.49. The first-order valence-electron chi connectivity index (χ1n) is 7.01. The summed E-state index contributed by atoms with van der Waals surface area (Å²) in [6.07, 6.45) is 0. The average molecular weight is 358 g/mol. The topological polar surface area (TPSA) is 51.0 Å². The quantitative estimate of drug-likeness (QED) is 0.733. The van der Waals surface area contributed by atoms with Crippen molar-refractivity contribution in [1.82, 2.24) is 10.1 Å². The molecule has 0 saturated heterocycles. The molecule has 0 spiro atoms. The highest BCUT2D eigenvalue weighted by Gasteiger charge is 2.08.